The van der Waals surface area contributed by atoms with E-state index in [0.29, 0.717) is 5.56 Å². The van der Waals surface area contributed by atoms with Crippen molar-refractivity contribution in [3.05, 3.63) is 35.9 Å². The molecule has 1 aliphatic rings. The maximum absolute atomic E-state index is 13.6. The molecule has 2 aromatic rings. The summed E-state index contributed by atoms with van der Waals surface area (Å²) in [6, 6.07) is 5.83. The molecule has 0 bridgehead atoms. The molecule has 29 heavy (non-hydrogen) atoms. The van der Waals surface area contributed by atoms with E-state index in [1.165, 1.54) is 37.5 Å². The molecular weight excluding hydrogens is 424 g/mol. The molecule has 3 rings (SSSR count). The Balaban J connectivity index is 1.91. The first kappa shape index (κ1) is 21.3. The maximum atomic E-state index is 13.6. The lowest BCUT2D eigenvalue weighted by Crippen LogP contribution is -2.15. The van der Waals surface area contributed by atoms with Crippen LogP contribution in [0.4, 0.5) is 13.9 Å². The van der Waals surface area contributed by atoms with Crippen LogP contribution in [0.2, 0.25) is 0 Å². The van der Waals surface area contributed by atoms with Gasteiger partial charge in [-0.2, -0.15) is 4.98 Å². The fourth-order valence-electron chi connectivity index (χ4n) is 3.03. The minimum atomic E-state index is -3.40. The van der Waals surface area contributed by atoms with E-state index in [-0.39, 0.29) is 34.5 Å². The lowest BCUT2D eigenvalue weighted by Gasteiger charge is -2.11. The number of aromatic nitrogens is 2. The van der Waals surface area contributed by atoms with Gasteiger partial charge in [0, 0.05) is 23.4 Å². The molecule has 1 saturated carbocycles. The van der Waals surface area contributed by atoms with Crippen molar-refractivity contribution in [1.29, 1.82) is 0 Å². The number of ether oxygens (including phenoxy) is 1. The number of benzene rings is 1. The molecule has 0 saturated heterocycles. The predicted molar refractivity (Wildman–Crippen MR) is 105 cm³/mol. The summed E-state index contributed by atoms with van der Waals surface area (Å²) in [4.78, 5) is 16.9. The van der Waals surface area contributed by atoms with Gasteiger partial charge < -0.3 is 4.74 Å². The van der Waals surface area contributed by atoms with Gasteiger partial charge >= 0.3 is 6.01 Å². The van der Waals surface area contributed by atoms with Gasteiger partial charge in [0.2, 0.25) is 5.13 Å². The van der Waals surface area contributed by atoms with Crippen LogP contribution in [0.15, 0.2) is 35.2 Å². The molecule has 0 aliphatic heterocycles. The summed E-state index contributed by atoms with van der Waals surface area (Å²) >= 11 is 0.920. The Bertz CT molecular complexity index is 1010. The van der Waals surface area contributed by atoms with Crippen molar-refractivity contribution < 1.29 is 26.7 Å². The number of methoxy groups -OCH3 is 1. The number of sulfone groups is 1. The van der Waals surface area contributed by atoms with Crippen LogP contribution in [0.5, 0.6) is 6.01 Å². The number of carbonyl (C=O) groups excluding carboxylic acids is 1. The van der Waals surface area contributed by atoms with Crippen LogP contribution in [0.3, 0.4) is 0 Å². The van der Waals surface area contributed by atoms with E-state index in [1.54, 1.807) is 0 Å². The summed E-state index contributed by atoms with van der Waals surface area (Å²) in [5.41, 5.74) is 0.592. The summed E-state index contributed by atoms with van der Waals surface area (Å²) < 4.78 is 59.3. The molecule has 1 heterocycles. The summed E-state index contributed by atoms with van der Waals surface area (Å²) in [5.74, 6) is -1.01. The van der Waals surface area contributed by atoms with Gasteiger partial charge in [-0.1, -0.05) is 18.2 Å². The predicted octanol–water partition coefficient (Wildman–Crippen LogP) is 3.06. The van der Waals surface area contributed by atoms with Crippen LogP contribution in [-0.2, 0) is 14.6 Å². The number of alkyl halides is 2. The molecule has 1 unspecified atom stereocenters. The highest BCUT2D eigenvalue weighted by atomic mass is 32.2. The van der Waals surface area contributed by atoms with Crippen LogP contribution in [0, 0.1) is 5.92 Å². The number of allylic oxidation sites excluding steroid dienone is 1. The van der Waals surface area contributed by atoms with E-state index in [1.807, 2.05) is 0 Å². The van der Waals surface area contributed by atoms with Gasteiger partial charge in [0.1, 0.15) is 12.3 Å². The van der Waals surface area contributed by atoms with Gasteiger partial charge in [-0.3, -0.25) is 10.1 Å². The second-order valence-corrected chi connectivity index (χ2v) is 9.45. The minimum Gasteiger partial charge on any atom is -0.466 e. The molecule has 1 fully saturated rings. The first-order valence-electron chi connectivity index (χ1n) is 8.67. The fourth-order valence-corrected chi connectivity index (χ4v) is 4.20. The third-order valence-corrected chi connectivity index (χ3v) is 6.24. The maximum Gasteiger partial charge on any atom is 0.329 e. The zero-order chi connectivity index (χ0) is 21.2. The summed E-state index contributed by atoms with van der Waals surface area (Å²) in [6.45, 7) is 0. The zero-order valence-electron chi connectivity index (χ0n) is 15.6. The van der Waals surface area contributed by atoms with Gasteiger partial charge in [0.05, 0.1) is 12.0 Å². The molecule has 0 spiro atoms. The van der Waals surface area contributed by atoms with Crippen molar-refractivity contribution in [2.45, 2.75) is 30.1 Å². The second-order valence-electron chi connectivity index (χ2n) is 6.68. The molecule has 156 valence electrons. The molecule has 1 N–H and O–H groups in total. The summed E-state index contributed by atoms with van der Waals surface area (Å²) in [6.07, 6.45) is -0.579. The van der Waals surface area contributed by atoms with Crippen molar-refractivity contribution in [3.63, 3.8) is 0 Å². The van der Waals surface area contributed by atoms with Crippen LogP contribution in [-0.4, -0.2) is 49.4 Å². The number of anilines is 1. The largest absolute Gasteiger partial charge is 0.466 e. The first-order chi connectivity index (χ1) is 13.7. The van der Waals surface area contributed by atoms with Crippen LogP contribution in [0.25, 0.3) is 5.57 Å². The molecule has 1 aromatic carbocycles. The number of rotatable bonds is 6. The lowest BCUT2D eigenvalue weighted by molar-refractivity contribution is -0.111. The van der Waals surface area contributed by atoms with Crippen molar-refractivity contribution >= 4 is 38.0 Å². The van der Waals surface area contributed by atoms with E-state index in [2.05, 4.69) is 14.7 Å². The number of hydrogen-bond acceptors (Lipinski definition) is 7. The summed E-state index contributed by atoms with van der Waals surface area (Å²) in [5, 5.41) is 2.79. The summed E-state index contributed by atoms with van der Waals surface area (Å²) in [7, 11) is -2.01. The van der Waals surface area contributed by atoms with E-state index in [0.717, 1.165) is 17.8 Å². The Morgan fingerprint density at radius 3 is 2.38 bits per heavy atom. The zero-order valence-corrected chi connectivity index (χ0v) is 17.3. The van der Waals surface area contributed by atoms with E-state index in [4.69, 9.17) is 4.74 Å². The third kappa shape index (κ3) is 5.15. The van der Waals surface area contributed by atoms with Crippen molar-refractivity contribution in [2.75, 3.05) is 18.7 Å². The van der Waals surface area contributed by atoms with Gasteiger partial charge in [-0.15, -0.1) is 4.37 Å². The Labute approximate surface area is 170 Å². The quantitative estimate of drug-likeness (QED) is 0.689. The number of nitrogens with one attached hydrogen (secondary N) is 1. The third-order valence-electron chi connectivity index (χ3n) is 4.50. The fraction of sp³-hybridized carbons (Fsp3) is 0.389. The highest BCUT2D eigenvalue weighted by Crippen LogP contribution is 2.34. The Morgan fingerprint density at radius 2 is 1.86 bits per heavy atom. The minimum absolute atomic E-state index is 0.0218. The number of nitrogens with zero attached hydrogens (tertiary/aromatic N) is 2. The SMILES string of the molecule is COc1nsc(NC(=O)C(=CC2C[C@@H](F)[C@@H](F)C2)c2ccc(S(C)(=O)=O)cc2)n1. The van der Waals surface area contributed by atoms with Gasteiger partial charge in [0.15, 0.2) is 9.84 Å². The molecule has 1 amide bonds. The van der Waals surface area contributed by atoms with Crippen LogP contribution >= 0.6 is 11.5 Å². The average Bonchev–Trinajstić information content (AvgIpc) is 3.25. The number of hydrogen-bond donors (Lipinski definition) is 1. The van der Waals surface area contributed by atoms with Gasteiger partial charge in [-0.25, -0.2) is 17.2 Å². The topological polar surface area (TPSA) is 98.2 Å². The van der Waals surface area contributed by atoms with Gasteiger partial charge in [-0.05, 0) is 36.5 Å². The molecule has 0 radical (unpaired) electrons. The van der Waals surface area contributed by atoms with E-state index < -0.39 is 34.0 Å². The monoisotopic (exact) mass is 443 g/mol. The number of amides is 1. The lowest BCUT2D eigenvalue weighted by atomic mass is 9.98. The Hall–Kier alpha value is -2.40. The Kier molecular flexibility index (Phi) is 6.27. The molecule has 3 atom stereocenters. The standard InChI is InChI=1S/C18H19F2N3O4S2/c1-27-17-22-18(28-23-17)21-16(24)13(7-10-8-14(19)15(20)9-10)11-3-5-12(6-4-11)29(2,25)26/h3-7,10,14-15H,8-9H2,1-2H3,(H,21,22,23,24)/t10?,14-,15+. The molecule has 7 nitrogen and oxygen atoms in total. The highest BCUT2D eigenvalue weighted by Gasteiger charge is 2.34. The van der Waals surface area contributed by atoms with E-state index in [9.17, 15) is 22.0 Å². The Morgan fingerprint density at radius 1 is 1.24 bits per heavy atom. The highest BCUT2D eigenvalue weighted by molar-refractivity contribution is 7.90. The number of halogens is 2. The van der Waals surface area contributed by atoms with Crippen molar-refractivity contribution in [2.24, 2.45) is 5.92 Å². The van der Waals surface area contributed by atoms with Gasteiger partial charge in [0.25, 0.3) is 5.91 Å². The van der Waals surface area contributed by atoms with Crippen LogP contribution in [0.1, 0.15) is 18.4 Å². The smallest absolute Gasteiger partial charge is 0.329 e. The van der Waals surface area contributed by atoms with Crippen molar-refractivity contribution in [1.82, 2.24) is 9.36 Å². The van der Waals surface area contributed by atoms with E-state index >= 15 is 0 Å². The first-order valence-corrected chi connectivity index (χ1v) is 11.3. The number of carbonyl (C=O) groups is 1. The second kappa shape index (κ2) is 8.54. The normalized spacial score (nSPS) is 22.5. The van der Waals surface area contributed by atoms with Crippen LogP contribution < -0.4 is 10.1 Å². The average molecular weight is 443 g/mol. The molecule has 1 aromatic heterocycles. The molecule has 1 aliphatic carbocycles. The molecule has 11 heteroatoms. The molecular formula is C18H19F2N3O4S2. The van der Waals surface area contributed by atoms with Crippen molar-refractivity contribution in [3.8, 4) is 6.01 Å².